The molecule has 0 fully saturated rings. The highest BCUT2D eigenvalue weighted by molar-refractivity contribution is 7.91. The summed E-state index contributed by atoms with van der Waals surface area (Å²) in [4.78, 5) is 10.6. The van der Waals surface area contributed by atoms with Crippen LogP contribution in [0, 0.1) is 0 Å². The van der Waals surface area contributed by atoms with Crippen LogP contribution in [0.15, 0.2) is 23.1 Å². The second kappa shape index (κ2) is 6.41. The third kappa shape index (κ3) is 4.69. The van der Waals surface area contributed by atoms with E-state index in [2.05, 4.69) is 4.72 Å². The molecular formula is C11H16N2O6S2. The van der Waals surface area contributed by atoms with Crippen LogP contribution >= 0.6 is 0 Å². The number of aromatic carboxylic acids is 1. The number of nitrogen functional groups attached to an aromatic ring is 1. The van der Waals surface area contributed by atoms with Crippen LogP contribution < -0.4 is 10.5 Å². The largest absolute Gasteiger partial charge is 0.478 e. The van der Waals surface area contributed by atoms with Crippen molar-refractivity contribution >= 4 is 31.5 Å². The van der Waals surface area contributed by atoms with Crippen LogP contribution in [-0.4, -0.2) is 46.0 Å². The average molecular weight is 336 g/mol. The number of carboxylic acid groups (broad SMARTS) is 1. The minimum absolute atomic E-state index is 0.100. The zero-order valence-corrected chi connectivity index (χ0v) is 12.9. The maximum atomic E-state index is 12.0. The smallest absolute Gasteiger partial charge is 0.337 e. The van der Waals surface area contributed by atoms with E-state index in [4.69, 9.17) is 10.8 Å². The van der Waals surface area contributed by atoms with Gasteiger partial charge >= 0.3 is 5.97 Å². The van der Waals surface area contributed by atoms with Crippen LogP contribution in [0.4, 0.5) is 5.69 Å². The zero-order chi connectivity index (χ0) is 16.3. The Labute approximate surface area is 122 Å². The van der Waals surface area contributed by atoms with E-state index in [0.29, 0.717) is 0 Å². The molecule has 1 aromatic carbocycles. The standard InChI is InChI=1S/C11H16N2O6S2/c1-2-20(16,17)6-5-13-21(18,19)10-4-3-8(12)7-9(10)11(14)15/h3-4,7,13H,2,5-6,12H2,1H3,(H,14,15). The first-order valence-electron chi connectivity index (χ1n) is 5.92. The monoisotopic (exact) mass is 336 g/mol. The average Bonchev–Trinajstić information content (AvgIpc) is 2.37. The number of benzene rings is 1. The molecule has 21 heavy (non-hydrogen) atoms. The van der Waals surface area contributed by atoms with Gasteiger partial charge in [-0.15, -0.1) is 0 Å². The first-order chi connectivity index (χ1) is 9.59. The van der Waals surface area contributed by atoms with Crippen LogP contribution in [0.2, 0.25) is 0 Å². The summed E-state index contributed by atoms with van der Waals surface area (Å²) in [6, 6.07) is 3.35. The van der Waals surface area contributed by atoms with Gasteiger partial charge in [0.15, 0.2) is 9.84 Å². The highest BCUT2D eigenvalue weighted by Crippen LogP contribution is 2.18. The van der Waals surface area contributed by atoms with Crippen molar-refractivity contribution in [2.75, 3.05) is 23.8 Å². The molecule has 0 unspecified atom stereocenters. The van der Waals surface area contributed by atoms with Gasteiger partial charge in [0.2, 0.25) is 10.0 Å². The summed E-state index contributed by atoms with van der Waals surface area (Å²) in [5.74, 6) is -1.90. The number of rotatable bonds is 7. The van der Waals surface area contributed by atoms with Gasteiger partial charge in [0.25, 0.3) is 0 Å². The SMILES string of the molecule is CCS(=O)(=O)CCNS(=O)(=O)c1ccc(N)cc1C(=O)O. The molecule has 0 atom stereocenters. The molecule has 0 spiro atoms. The summed E-state index contributed by atoms with van der Waals surface area (Å²) in [6.07, 6.45) is 0. The number of sulfonamides is 1. The molecule has 0 aliphatic rings. The Bertz CT molecular complexity index is 740. The summed E-state index contributed by atoms with van der Waals surface area (Å²) in [5, 5.41) is 9.00. The quantitative estimate of drug-likeness (QED) is 0.579. The number of nitrogens with one attached hydrogen (secondary N) is 1. The molecule has 0 heterocycles. The number of sulfone groups is 1. The van der Waals surface area contributed by atoms with Gasteiger partial charge in [-0.3, -0.25) is 0 Å². The third-order valence-corrected chi connectivity index (χ3v) is 5.89. The summed E-state index contributed by atoms with van der Waals surface area (Å²) >= 11 is 0. The molecular weight excluding hydrogens is 320 g/mol. The van der Waals surface area contributed by atoms with Crippen molar-refractivity contribution in [2.24, 2.45) is 0 Å². The maximum absolute atomic E-state index is 12.0. The molecule has 0 amide bonds. The van der Waals surface area contributed by atoms with Gasteiger partial charge in [0, 0.05) is 18.0 Å². The normalized spacial score (nSPS) is 12.2. The van der Waals surface area contributed by atoms with Gasteiger partial charge in [0.1, 0.15) is 0 Å². The van der Waals surface area contributed by atoms with Crippen molar-refractivity contribution in [3.63, 3.8) is 0 Å². The van der Waals surface area contributed by atoms with Gasteiger partial charge in [-0.25, -0.2) is 26.4 Å². The van der Waals surface area contributed by atoms with Crippen molar-refractivity contribution in [1.82, 2.24) is 4.72 Å². The van der Waals surface area contributed by atoms with Gasteiger partial charge in [0.05, 0.1) is 16.2 Å². The van der Waals surface area contributed by atoms with Crippen molar-refractivity contribution in [1.29, 1.82) is 0 Å². The molecule has 0 aliphatic heterocycles. The second-order valence-corrected chi connectivity index (χ2v) is 8.40. The number of nitrogens with two attached hydrogens (primary N) is 1. The summed E-state index contributed by atoms with van der Waals surface area (Å²) < 4.78 is 48.7. The molecule has 0 radical (unpaired) electrons. The van der Waals surface area contributed by atoms with E-state index in [0.717, 1.165) is 12.1 Å². The van der Waals surface area contributed by atoms with Crippen LogP contribution in [-0.2, 0) is 19.9 Å². The molecule has 1 rings (SSSR count). The predicted molar refractivity (Wildman–Crippen MR) is 77.3 cm³/mol. The first-order valence-corrected chi connectivity index (χ1v) is 9.22. The van der Waals surface area contributed by atoms with Gasteiger partial charge < -0.3 is 10.8 Å². The molecule has 0 saturated carbocycles. The van der Waals surface area contributed by atoms with E-state index in [9.17, 15) is 21.6 Å². The molecule has 0 bridgehead atoms. The Morgan fingerprint density at radius 3 is 2.43 bits per heavy atom. The second-order valence-electron chi connectivity index (χ2n) is 4.19. The van der Waals surface area contributed by atoms with Gasteiger partial charge in [-0.1, -0.05) is 6.92 Å². The molecule has 0 saturated heterocycles. The lowest BCUT2D eigenvalue weighted by Crippen LogP contribution is -2.30. The third-order valence-electron chi connectivity index (χ3n) is 2.67. The van der Waals surface area contributed by atoms with E-state index in [-0.39, 0.29) is 23.7 Å². The fourth-order valence-electron chi connectivity index (χ4n) is 1.50. The van der Waals surface area contributed by atoms with Crippen LogP contribution in [0.1, 0.15) is 17.3 Å². The van der Waals surface area contributed by atoms with E-state index in [1.807, 2.05) is 0 Å². The highest BCUT2D eigenvalue weighted by Gasteiger charge is 2.22. The topological polar surface area (TPSA) is 144 Å². The van der Waals surface area contributed by atoms with Gasteiger partial charge in [-0.2, -0.15) is 0 Å². The highest BCUT2D eigenvalue weighted by atomic mass is 32.2. The molecule has 0 aromatic heterocycles. The van der Waals surface area contributed by atoms with Crippen LogP contribution in [0.25, 0.3) is 0 Å². The number of carboxylic acids is 1. The Balaban J connectivity index is 3.01. The lowest BCUT2D eigenvalue weighted by molar-refractivity contribution is 0.0692. The minimum atomic E-state index is -4.13. The van der Waals surface area contributed by atoms with E-state index < -0.39 is 36.3 Å². The Morgan fingerprint density at radius 1 is 1.29 bits per heavy atom. The summed E-state index contributed by atoms with van der Waals surface area (Å²) in [7, 11) is -7.45. The van der Waals surface area contributed by atoms with Crippen LogP contribution in [0.5, 0.6) is 0 Å². The van der Waals surface area contributed by atoms with Crippen LogP contribution in [0.3, 0.4) is 0 Å². The first kappa shape index (κ1) is 17.4. The number of hydrogen-bond donors (Lipinski definition) is 3. The fourth-order valence-corrected chi connectivity index (χ4v) is 3.54. The van der Waals surface area contributed by atoms with Crippen molar-refractivity contribution in [3.05, 3.63) is 23.8 Å². The molecule has 4 N–H and O–H groups in total. The summed E-state index contributed by atoms with van der Waals surface area (Å²) in [5.41, 5.74) is 5.07. The zero-order valence-electron chi connectivity index (χ0n) is 11.2. The minimum Gasteiger partial charge on any atom is -0.478 e. The Hall–Kier alpha value is -1.65. The van der Waals surface area contributed by atoms with Gasteiger partial charge in [-0.05, 0) is 18.2 Å². The molecule has 8 nitrogen and oxygen atoms in total. The van der Waals surface area contributed by atoms with Crippen molar-refractivity contribution in [2.45, 2.75) is 11.8 Å². The van der Waals surface area contributed by atoms with E-state index in [1.165, 1.54) is 13.0 Å². The molecule has 1 aromatic rings. The van der Waals surface area contributed by atoms with Crippen molar-refractivity contribution in [3.8, 4) is 0 Å². The van der Waals surface area contributed by atoms with Crippen molar-refractivity contribution < 1.29 is 26.7 Å². The molecule has 0 aliphatic carbocycles. The predicted octanol–water partition coefficient (Wildman–Crippen LogP) is -0.320. The Kier molecular flexibility index (Phi) is 5.31. The number of carbonyl (C=O) groups is 1. The Morgan fingerprint density at radius 2 is 1.90 bits per heavy atom. The van der Waals surface area contributed by atoms with E-state index >= 15 is 0 Å². The molecule has 10 heteroatoms. The maximum Gasteiger partial charge on any atom is 0.337 e. The number of anilines is 1. The fraction of sp³-hybridized carbons (Fsp3) is 0.364. The summed E-state index contributed by atoms with van der Waals surface area (Å²) in [6.45, 7) is 1.12. The molecule has 118 valence electrons. The lowest BCUT2D eigenvalue weighted by Gasteiger charge is -2.10. The van der Waals surface area contributed by atoms with E-state index in [1.54, 1.807) is 0 Å². The number of hydrogen-bond acceptors (Lipinski definition) is 6. The lowest BCUT2D eigenvalue weighted by atomic mass is 10.2.